The van der Waals surface area contributed by atoms with Gasteiger partial charge < -0.3 is 16.8 Å². The molecule has 0 radical (unpaired) electrons. The van der Waals surface area contributed by atoms with Crippen LogP contribution in [0.15, 0.2) is 109 Å². The molecule has 0 aliphatic rings. The van der Waals surface area contributed by atoms with Crippen molar-refractivity contribution in [2.24, 2.45) is 11.5 Å². The highest BCUT2D eigenvalue weighted by atomic mass is 16.2. The van der Waals surface area contributed by atoms with Crippen molar-refractivity contribution < 1.29 is 9.59 Å². The number of hydrogen-bond acceptors (Lipinski definition) is 3. The molecular weight excluding hydrogens is 434 g/mol. The lowest BCUT2D eigenvalue weighted by Gasteiger charge is -2.19. The Morgan fingerprint density at radius 1 is 0.600 bits per heavy atom. The highest BCUT2D eigenvalue weighted by Gasteiger charge is 2.22. The summed E-state index contributed by atoms with van der Waals surface area (Å²) in [6.45, 7) is 0. The predicted molar refractivity (Wildman–Crippen MR) is 140 cm³/mol. The normalized spacial score (nSPS) is 12.5. The van der Waals surface area contributed by atoms with E-state index < -0.39 is 23.9 Å². The standard InChI is InChI=1S/C30H29N3O2/c31-27(19-21-11-15-25(16-12-21)23-7-3-1-4-8-23)30(35)33-28(29(32)34)20-22-13-17-26(18-14-22)24-9-5-2-6-10-24/h1-18,27-28H,19-20,31H2,(H2,32,34)(H,33,35). The van der Waals surface area contributed by atoms with Crippen molar-refractivity contribution in [3.05, 3.63) is 120 Å². The fraction of sp³-hybridized carbons (Fsp3) is 0.133. The summed E-state index contributed by atoms with van der Waals surface area (Å²) in [5, 5.41) is 2.73. The zero-order valence-corrected chi connectivity index (χ0v) is 19.4. The number of amides is 2. The van der Waals surface area contributed by atoms with Gasteiger partial charge in [-0.15, -0.1) is 0 Å². The van der Waals surface area contributed by atoms with E-state index in [1.807, 2.05) is 109 Å². The van der Waals surface area contributed by atoms with Crippen LogP contribution in [0.2, 0.25) is 0 Å². The molecule has 2 unspecified atom stereocenters. The van der Waals surface area contributed by atoms with Gasteiger partial charge in [-0.25, -0.2) is 0 Å². The van der Waals surface area contributed by atoms with E-state index in [0.29, 0.717) is 12.8 Å². The molecular formula is C30H29N3O2. The molecule has 5 heteroatoms. The average molecular weight is 464 g/mol. The lowest BCUT2D eigenvalue weighted by molar-refractivity contribution is -0.128. The molecule has 4 rings (SSSR count). The maximum absolute atomic E-state index is 12.7. The van der Waals surface area contributed by atoms with Gasteiger partial charge in [0.1, 0.15) is 6.04 Å². The Morgan fingerprint density at radius 2 is 1.00 bits per heavy atom. The van der Waals surface area contributed by atoms with Crippen molar-refractivity contribution in [3.8, 4) is 22.3 Å². The maximum Gasteiger partial charge on any atom is 0.240 e. The van der Waals surface area contributed by atoms with Gasteiger partial charge in [-0.05, 0) is 39.8 Å². The number of nitrogens with one attached hydrogen (secondary N) is 1. The van der Waals surface area contributed by atoms with Gasteiger partial charge in [0.2, 0.25) is 11.8 Å². The third-order valence-corrected chi connectivity index (χ3v) is 6.01. The SMILES string of the molecule is NC(=O)C(Cc1ccc(-c2ccccc2)cc1)NC(=O)C(N)Cc1ccc(-c2ccccc2)cc1. The van der Waals surface area contributed by atoms with Crippen molar-refractivity contribution in [1.82, 2.24) is 5.32 Å². The number of carbonyl (C=O) groups excluding carboxylic acids is 2. The van der Waals surface area contributed by atoms with Gasteiger partial charge in [-0.1, -0.05) is 109 Å². The average Bonchev–Trinajstić information content (AvgIpc) is 2.90. The van der Waals surface area contributed by atoms with Crippen LogP contribution in [0, 0.1) is 0 Å². The van der Waals surface area contributed by atoms with Crippen molar-refractivity contribution in [2.45, 2.75) is 24.9 Å². The predicted octanol–water partition coefficient (Wildman–Crippen LogP) is 4.10. The van der Waals surface area contributed by atoms with Crippen LogP contribution in [0.1, 0.15) is 11.1 Å². The zero-order valence-electron chi connectivity index (χ0n) is 19.4. The molecule has 4 aromatic rings. The summed E-state index contributed by atoms with van der Waals surface area (Å²) in [7, 11) is 0. The molecule has 0 bridgehead atoms. The van der Waals surface area contributed by atoms with Gasteiger partial charge >= 0.3 is 0 Å². The van der Waals surface area contributed by atoms with Crippen molar-refractivity contribution in [3.63, 3.8) is 0 Å². The summed E-state index contributed by atoms with van der Waals surface area (Å²) in [5.74, 6) is -0.994. The van der Waals surface area contributed by atoms with E-state index >= 15 is 0 Å². The van der Waals surface area contributed by atoms with E-state index in [-0.39, 0.29) is 0 Å². The van der Waals surface area contributed by atoms with Crippen LogP contribution in [-0.2, 0) is 22.4 Å². The minimum atomic E-state index is -0.836. The monoisotopic (exact) mass is 463 g/mol. The summed E-state index contributed by atoms with van der Waals surface area (Å²) < 4.78 is 0. The Balaban J connectivity index is 1.35. The first kappa shape index (κ1) is 23.9. The zero-order chi connectivity index (χ0) is 24.6. The molecule has 5 N–H and O–H groups in total. The molecule has 0 heterocycles. The molecule has 0 spiro atoms. The summed E-state index contributed by atoms with van der Waals surface area (Å²) in [5.41, 5.74) is 18.0. The van der Waals surface area contributed by atoms with Crippen LogP contribution in [0.4, 0.5) is 0 Å². The minimum Gasteiger partial charge on any atom is -0.368 e. The number of primary amides is 1. The molecule has 2 amide bonds. The van der Waals surface area contributed by atoms with Crippen LogP contribution in [0.3, 0.4) is 0 Å². The summed E-state index contributed by atoms with van der Waals surface area (Å²) in [6, 6.07) is 34.3. The van der Waals surface area contributed by atoms with Crippen LogP contribution < -0.4 is 16.8 Å². The summed E-state index contributed by atoms with van der Waals surface area (Å²) >= 11 is 0. The molecule has 4 aromatic carbocycles. The van der Waals surface area contributed by atoms with Crippen LogP contribution >= 0.6 is 0 Å². The largest absolute Gasteiger partial charge is 0.368 e. The van der Waals surface area contributed by atoms with E-state index in [0.717, 1.165) is 33.4 Å². The number of nitrogens with two attached hydrogens (primary N) is 2. The van der Waals surface area contributed by atoms with E-state index in [2.05, 4.69) is 5.32 Å². The quantitative estimate of drug-likeness (QED) is 0.348. The summed E-state index contributed by atoms with van der Waals surface area (Å²) in [6.07, 6.45) is 0.660. The van der Waals surface area contributed by atoms with Crippen LogP contribution in [-0.4, -0.2) is 23.9 Å². The van der Waals surface area contributed by atoms with E-state index in [1.165, 1.54) is 0 Å². The first-order chi connectivity index (χ1) is 17.0. The highest BCUT2D eigenvalue weighted by Crippen LogP contribution is 2.21. The number of hydrogen-bond donors (Lipinski definition) is 3. The second-order valence-electron chi connectivity index (χ2n) is 8.60. The second-order valence-corrected chi connectivity index (χ2v) is 8.60. The lowest BCUT2D eigenvalue weighted by Crippen LogP contribution is -2.51. The number of rotatable bonds is 9. The molecule has 0 saturated carbocycles. The van der Waals surface area contributed by atoms with Crippen molar-refractivity contribution in [2.75, 3.05) is 0 Å². The topological polar surface area (TPSA) is 98.2 Å². The molecule has 35 heavy (non-hydrogen) atoms. The molecule has 0 aliphatic heterocycles. The molecule has 5 nitrogen and oxygen atoms in total. The van der Waals surface area contributed by atoms with E-state index in [9.17, 15) is 9.59 Å². The fourth-order valence-electron chi connectivity index (χ4n) is 4.01. The smallest absolute Gasteiger partial charge is 0.240 e. The Labute approximate surface area is 205 Å². The molecule has 0 fully saturated rings. The molecule has 2 atom stereocenters. The van der Waals surface area contributed by atoms with Gasteiger partial charge in [0.05, 0.1) is 6.04 Å². The van der Waals surface area contributed by atoms with Crippen molar-refractivity contribution >= 4 is 11.8 Å². The first-order valence-electron chi connectivity index (χ1n) is 11.6. The van der Waals surface area contributed by atoms with Crippen molar-refractivity contribution in [1.29, 1.82) is 0 Å². The van der Waals surface area contributed by atoms with E-state index in [1.54, 1.807) is 0 Å². The highest BCUT2D eigenvalue weighted by molar-refractivity contribution is 5.89. The van der Waals surface area contributed by atoms with Gasteiger partial charge in [0.25, 0.3) is 0 Å². The lowest BCUT2D eigenvalue weighted by atomic mass is 9.99. The summed E-state index contributed by atoms with van der Waals surface area (Å²) in [4.78, 5) is 24.8. The van der Waals surface area contributed by atoms with Gasteiger partial charge in [0, 0.05) is 6.42 Å². The molecule has 176 valence electrons. The second kappa shape index (κ2) is 11.3. The van der Waals surface area contributed by atoms with Gasteiger partial charge in [-0.2, -0.15) is 0 Å². The Morgan fingerprint density at radius 3 is 1.43 bits per heavy atom. The first-order valence-corrected chi connectivity index (χ1v) is 11.6. The molecule has 0 saturated heterocycles. The fourth-order valence-corrected chi connectivity index (χ4v) is 4.01. The van der Waals surface area contributed by atoms with Crippen LogP contribution in [0.5, 0.6) is 0 Å². The number of carbonyl (C=O) groups is 2. The van der Waals surface area contributed by atoms with E-state index in [4.69, 9.17) is 11.5 Å². The Kier molecular flexibility index (Phi) is 7.70. The van der Waals surface area contributed by atoms with Gasteiger partial charge in [0.15, 0.2) is 0 Å². The third kappa shape index (κ3) is 6.43. The Bertz CT molecular complexity index is 1250. The molecule has 0 aliphatic carbocycles. The molecule has 0 aromatic heterocycles. The maximum atomic E-state index is 12.7. The number of benzene rings is 4. The van der Waals surface area contributed by atoms with Crippen LogP contribution in [0.25, 0.3) is 22.3 Å². The van der Waals surface area contributed by atoms with Gasteiger partial charge in [-0.3, -0.25) is 9.59 Å². The Hall–Kier alpha value is -4.22. The third-order valence-electron chi connectivity index (χ3n) is 6.01. The minimum absolute atomic E-state index is 0.300.